The second kappa shape index (κ2) is 9.09. The van der Waals surface area contributed by atoms with Crippen LogP contribution in [0.5, 0.6) is 0 Å². The van der Waals surface area contributed by atoms with Crippen molar-refractivity contribution in [3.05, 3.63) is 52.9 Å². The van der Waals surface area contributed by atoms with Crippen LogP contribution in [-0.4, -0.2) is 50.9 Å². The van der Waals surface area contributed by atoms with Crippen molar-refractivity contribution in [2.75, 3.05) is 19.6 Å². The zero-order chi connectivity index (χ0) is 22.1. The SMILES string of the molecule is CC(=O)N1CCc2c(nc(C)n2C2CCN(C(C)C[C@H](N)c3cccc(F)c3)CC2)C1. The number of halogens is 1. The van der Waals surface area contributed by atoms with Crippen LogP contribution in [0.4, 0.5) is 4.39 Å². The van der Waals surface area contributed by atoms with Gasteiger partial charge in [-0.2, -0.15) is 0 Å². The summed E-state index contributed by atoms with van der Waals surface area (Å²) in [5, 5.41) is 0. The summed E-state index contributed by atoms with van der Waals surface area (Å²) >= 11 is 0. The number of likely N-dealkylation sites (tertiary alicyclic amines) is 1. The summed E-state index contributed by atoms with van der Waals surface area (Å²) in [6.07, 6.45) is 3.86. The Labute approximate surface area is 184 Å². The van der Waals surface area contributed by atoms with Gasteiger partial charge in [-0.15, -0.1) is 0 Å². The maximum atomic E-state index is 13.5. The molecule has 0 spiro atoms. The van der Waals surface area contributed by atoms with Crippen molar-refractivity contribution in [3.63, 3.8) is 0 Å². The molecule has 1 fully saturated rings. The van der Waals surface area contributed by atoms with E-state index in [-0.39, 0.29) is 17.8 Å². The smallest absolute Gasteiger partial charge is 0.219 e. The van der Waals surface area contributed by atoms with Gasteiger partial charge >= 0.3 is 0 Å². The van der Waals surface area contributed by atoms with Gasteiger partial charge in [0.2, 0.25) is 5.91 Å². The summed E-state index contributed by atoms with van der Waals surface area (Å²) < 4.78 is 16.0. The fourth-order valence-electron chi connectivity index (χ4n) is 5.27. The van der Waals surface area contributed by atoms with Crippen LogP contribution >= 0.6 is 0 Å². The molecule has 0 radical (unpaired) electrons. The van der Waals surface area contributed by atoms with Gasteiger partial charge in [-0.25, -0.2) is 9.37 Å². The summed E-state index contributed by atoms with van der Waals surface area (Å²) in [6.45, 7) is 9.39. The van der Waals surface area contributed by atoms with Gasteiger partial charge in [0.05, 0.1) is 12.2 Å². The number of imidazole rings is 1. The van der Waals surface area contributed by atoms with Crippen molar-refractivity contribution in [2.24, 2.45) is 5.73 Å². The van der Waals surface area contributed by atoms with E-state index in [1.807, 2.05) is 11.0 Å². The monoisotopic (exact) mass is 427 g/mol. The lowest BCUT2D eigenvalue weighted by molar-refractivity contribution is -0.129. The second-order valence-electron chi connectivity index (χ2n) is 9.13. The van der Waals surface area contributed by atoms with Crippen LogP contribution in [-0.2, 0) is 17.8 Å². The first kappa shape index (κ1) is 22.0. The summed E-state index contributed by atoms with van der Waals surface area (Å²) in [6, 6.07) is 7.29. The number of aromatic nitrogens is 2. The number of nitrogens with two attached hydrogens (primary N) is 1. The Morgan fingerprint density at radius 1 is 1.29 bits per heavy atom. The molecule has 0 aliphatic carbocycles. The van der Waals surface area contributed by atoms with Crippen molar-refractivity contribution < 1.29 is 9.18 Å². The highest BCUT2D eigenvalue weighted by Gasteiger charge is 2.30. The first-order valence-corrected chi connectivity index (χ1v) is 11.4. The van der Waals surface area contributed by atoms with Gasteiger partial charge in [0.15, 0.2) is 0 Å². The Balaban J connectivity index is 1.36. The average Bonchev–Trinajstić information content (AvgIpc) is 3.08. The Kier molecular flexibility index (Phi) is 6.44. The number of fused-ring (bicyclic) bond motifs is 1. The van der Waals surface area contributed by atoms with Gasteiger partial charge in [-0.3, -0.25) is 4.79 Å². The summed E-state index contributed by atoms with van der Waals surface area (Å²) in [4.78, 5) is 20.9. The Hall–Kier alpha value is -2.25. The topological polar surface area (TPSA) is 67.4 Å². The first-order valence-electron chi connectivity index (χ1n) is 11.4. The Morgan fingerprint density at radius 2 is 2.03 bits per heavy atom. The molecular weight excluding hydrogens is 393 g/mol. The first-order chi connectivity index (χ1) is 14.8. The molecule has 1 amide bonds. The molecule has 2 N–H and O–H groups in total. The molecule has 2 aliphatic heterocycles. The lowest BCUT2D eigenvalue weighted by atomic mass is 9.97. The molecule has 0 bridgehead atoms. The van der Waals surface area contributed by atoms with Gasteiger partial charge in [-0.1, -0.05) is 12.1 Å². The van der Waals surface area contributed by atoms with Gasteiger partial charge in [0, 0.05) is 56.8 Å². The molecule has 6 nitrogen and oxygen atoms in total. The predicted octanol–water partition coefficient (Wildman–Crippen LogP) is 3.35. The van der Waals surface area contributed by atoms with Crippen molar-refractivity contribution in [3.8, 4) is 0 Å². The molecule has 168 valence electrons. The standard InChI is InChI=1S/C24H34FN5O/c1-16(13-22(26)19-5-4-6-20(25)14-19)28-10-7-21(8-11-28)30-17(2)27-23-15-29(18(3)31)12-9-24(23)30/h4-6,14,16,21-22H,7-13,15,26H2,1-3H3/t16?,22-/m0/s1. The lowest BCUT2D eigenvalue weighted by Crippen LogP contribution is -2.42. The van der Waals surface area contributed by atoms with Crippen molar-refractivity contribution in [2.45, 2.75) is 71.1 Å². The molecular formula is C24H34FN5O. The Bertz CT molecular complexity index is 934. The van der Waals surface area contributed by atoms with E-state index >= 15 is 0 Å². The maximum Gasteiger partial charge on any atom is 0.219 e. The number of carbonyl (C=O) groups excluding carboxylic acids is 1. The third-order valence-corrected chi connectivity index (χ3v) is 7.03. The van der Waals surface area contributed by atoms with Crippen LogP contribution in [0.25, 0.3) is 0 Å². The second-order valence-corrected chi connectivity index (χ2v) is 9.13. The third kappa shape index (κ3) is 4.67. The normalized spacial score (nSPS) is 19.8. The highest BCUT2D eigenvalue weighted by Crippen LogP contribution is 2.31. The minimum absolute atomic E-state index is 0.122. The molecule has 0 saturated carbocycles. The molecule has 7 heteroatoms. The van der Waals surface area contributed by atoms with Gasteiger partial charge in [0.1, 0.15) is 11.6 Å². The fourth-order valence-corrected chi connectivity index (χ4v) is 5.27. The summed E-state index contributed by atoms with van der Waals surface area (Å²) in [5.74, 6) is 0.957. The molecule has 1 unspecified atom stereocenters. The van der Waals surface area contributed by atoms with Gasteiger partial charge in [0.25, 0.3) is 0 Å². The maximum absolute atomic E-state index is 13.5. The molecule has 3 heterocycles. The molecule has 1 aromatic carbocycles. The number of nitrogens with zero attached hydrogens (tertiary/aromatic N) is 4. The van der Waals surface area contributed by atoms with E-state index in [0.717, 1.165) is 62.4 Å². The number of amides is 1. The number of aryl methyl sites for hydroxylation is 1. The lowest BCUT2D eigenvalue weighted by Gasteiger charge is -2.38. The van der Waals surface area contributed by atoms with E-state index in [4.69, 9.17) is 10.7 Å². The quantitative estimate of drug-likeness (QED) is 0.795. The minimum atomic E-state index is -0.230. The molecule has 1 saturated heterocycles. The number of piperidine rings is 1. The predicted molar refractivity (Wildman–Crippen MR) is 119 cm³/mol. The van der Waals surface area contributed by atoms with Crippen LogP contribution < -0.4 is 5.73 Å². The number of carbonyl (C=O) groups is 1. The van der Waals surface area contributed by atoms with E-state index in [0.29, 0.717) is 18.6 Å². The van der Waals surface area contributed by atoms with Crippen LogP contribution in [0.2, 0.25) is 0 Å². The molecule has 1 aromatic heterocycles. The fraction of sp³-hybridized carbons (Fsp3) is 0.583. The zero-order valence-electron chi connectivity index (χ0n) is 18.9. The van der Waals surface area contributed by atoms with Crippen LogP contribution in [0, 0.1) is 12.7 Å². The summed E-state index contributed by atoms with van der Waals surface area (Å²) in [7, 11) is 0. The largest absolute Gasteiger partial charge is 0.337 e. The number of hydrogen-bond acceptors (Lipinski definition) is 4. The van der Waals surface area contributed by atoms with Crippen LogP contribution in [0.3, 0.4) is 0 Å². The molecule has 4 rings (SSSR count). The molecule has 2 aromatic rings. The molecule has 2 atom stereocenters. The van der Waals surface area contributed by atoms with E-state index in [1.54, 1.807) is 19.1 Å². The van der Waals surface area contributed by atoms with Crippen LogP contribution in [0.1, 0.15) is 68.0 Å². The van der Waals surface area contributed by atoms with E-state index < -0.39 is 0 Å². The van der Waals surface area contributed by atoms with E-state index in [2.05, 4.69) is 23.3 Å². The van der Waals surface area contributed by atoms with Gasteiger partial charge in [-0.05, 0) is 50.8 Å². The zero-order valence-corrected chi connectivity index (χ0v) is 18.9. The van der Waals surface area contributed by atoms with Crippen molar-refractivity contribution in [1.82, 2.24) is 19.4 Å². The summed E-state index contributed by atoms with van der Waals surface area (Å²) in [5.41, 5.74) is 9.61. The highest BCUT2D eigenvalue weighted by atomic mass is 19.1. The number of rotatable bonds is 5. The third-order valence-electron chi connectivity index (χ3n) is 7.03. The molecule has 31 heavy (non-hydrogen) atoms. The Morgan fingerprint density at radius 3 is 2.71 bits per heavy atom. The van der Waals surface area contributed by atoms with E-state index in [9.17, 15) is 9.18 Å². The average molecular weight is 428 g/mol. The van der Waals surface area contributed by atoms with Gasteiger partial charge < -0.3 is 20.1 Å². The highest BCUT2D eigenvalue weighted by molar-refractivity contribution is 5.73. The van der Waals surface area contributed by atoms with Crippen molar-refractivity contribution >= 4 is 5.91 Å². The number of hydrogen-bond donors (Lipinski definition) is 1. The minimum Gasteiger partial charge on any atom is -0.337 e. The van der Waals surface area contributed by atoms with Crippen molar-refractivity contribution in [1.29, 1.82) is 0 Å². The molecule has 2 aliphatic rings. The van der Waals surface area contributed by atoms with E-state index in [1.165, 1.54) is 11.8 Å². The number of benzene rings is 1. The van der Waals surface area contributed by atoms with Crippen LogP contribution in [0.15, 0.2) is 24.3 Å².